The molecule has 0 unspecified atom stereocenters. The summed E-state index contributed by atoms with van der Waals surface area (Å²) in [6.07, 6.45) is 1.03. The smallest absolute Gasteiger partial charge is 0.353 e. The number of hydrogen-bond acceptors (Lipinski definition) is 6. The minimum Gasteiger partial charge on any atom is -0.378 e. The van der Waals surface area contributed by atoms with Crippen LogP contribution >= 0.6 is 11.6 Å². The molecule has 3 N–H and O–H groups in total. The highest BCUT2D eigenvalue weighted by Crippen LogP contribution is 2.33. The van der Waals surface area contributed by atoms with Crippen LogP contribution < -0.4 is 11.1 Å². The minimum atomic E-state index is -0.758. The van der Waals surface area contributed by atoms with Crippen LogP contribution in [0.3, 0.4) is 0 Å². The van der Waals surface area contributed by atoms with Crippen molar-refractivity contribution < 1.29 is 9.31 Å². The normalized spacial score (nSPS) is 10.2. The molecule has 0 aliphatic rings. The van der Waals surface area contributed by atoms with E-state index in [2.05, 4.69) is 15.3 Å². The topological polar surface area (TPSA) is 107 Å². The van der Waals surface area contributed by atoms with Gasteiger partial charge in [0, 0.05) is 0 Å². The summed E-state index contributed by atoms with van der Waals surface area (Å²) in [4.78, 5) is 17.3. The van der Waals surface area contributed by atoms with Gasteiger partial charge in [-0.05, 0) is 12.1 Å². The Morgan fingerprint density at radius 1 is 1.42 bits per heavy atom. The second-order valence-electron chi connectivity index (χ2n) is 3.43. The third-order valence-electron chi connectivity index (χ3n) is 2.24. The van der Waals surface area contributed by atoms with Crippen molar-refractivity contribution in [3.63, 3.8) is 0 Å². The molecular weight excluding hydrogens is 277 g/mol. The zero-order valence-corrected chi connectivity index (χ0v) is 10.1. The van der Waals surface area contributed by atoms with E-state index in [1.54, 1.807) is 0 Å². The van der Waals surface area contributed by atoms with Crippen molar-refractivity contribution in [3.05, 3.63) is 45.5 Å². The zero-order valence-electron chi connectivity index (χ0n) is 9.30. The number of nitrogens with one attached hydrogen (secondary N) is 1. The van der Waals surface area contributed by atoms with Crippen LogP contribution in [0, 0.1) is 15.9 Å². The predicted molar refractivity (Wildman–Crippen MR) is 67.8 cm³/mol. The molecule has 0 atom stereocenters. The number of aromatic nitrogens is 2. The Bertz CT molecular complexity index is 632. The van der Waals surface area contributed by atoms with Gasteiger partial charge in [-0.1, -0.05) is 17.7 Å². The summed E-state index contributed by atoms with van der Waals surface area (Å²) < 4.78 is 13.6. The predicted octanol–water partition coefficient (Wildman–Crippen LogP) is 2.50. The maximum atomic E-state index is 13.6. The first-order chi connectivity index (χ1) is 9.00. The molecule has 0 fully saturated rings. The van der Waals surface area contributed by atoms with Crippen molar-refractivity contribution in [2.24, 2.45) is 0 Å². The molecule has 19 heavy (non-hydrogen) atoms. The summed E-state index contributed by atoms with van der Waals surface area (Å²) in [5, 5.41) is 13.4. The van der Waals surface area contributed by atoms with Crippen LogP contribution in [0.4, 0.5) is 27.4 Å². The summed E-state index contributed by atoms with van der Waals surface area (Å²) in [6, 6.07) is 4.00. The number of nitrogens with zero attached hydrogens (tertiary/aromatic N) is 3. The average molecular weight is 284 g/mol. The first-order valence-electron chi connectivity index (χ1n) is 4.96. The van der Waals surface area contributed by atoms with Gasteiger partial charge in [0.05, 0.1) is 15.6 Å². The third kappa shape index (κ3) is 2.52. The minimum absolute atomic E-state index is 0.0616. The Morgan fingerprint density at radius 3 is 2.79 bits per heavy atom. The number of nitrogen functional groups attached to an aromatic ring is 1. The van der Waals surface area contributed by atoms with Crippen molar-refractivity contribution in [2.45, 2.75) is 0 Å². The monoisotopic (exact) mass is 283 g/mol. The van der Waals surface area contributed by atoms with Gasteiger partial charge in [-0.25, -0.2) is 14.4 Å². The molecule has 0 aliphatic carbocycles. The lowest BCUT2D eigenvalue weighted by Crippen LogP contribution is -2.06. The maximum absolute atomic E-state index is 13.6. The van der Waals surface area contributed by atoms with E-state index in [9.17, 15) is 14.5 Å². The molecule has 0 saturated carbocycles. The lowest BCUT2D eigenvalue weighted by Gasteiger charge is -2.09. The molecule has 1 heterocycles. The molecular formula is C10H7ClFN5O2. The molecule has 98 valence electrons. The fraction of sp³-hybridized carbons (Fsp3) is 0. The van der Waals surface area contributed by atoms with E-state index < -0.39 is 16.4 Å². The molecule has 0 bridgehead atoms. The van der Waals surface area contributed by atoms with Crippen LogP contribution in [-0.2, 0) is 0 Å². The van der Waals surface area contributed by atoms with Crippen molar-refractivity contribution in [3.8, 4) is 0 Å². The van der Waals surface area contributed by atoms with E-state index in [1.165, 1.54) is 12.1 Å². The first-order valence-corrected chi connectivity index (χ1v) is 5.34. The van der Waals surface area contributed by atoms with Crippen LogP contribution in [0.25, 0.3) is 0 Å². The van der Waals surface area contributed by atoms with Gasteiger partial charge in [0.2, 0.25) is 11.6 Å². The Balaban J connectivity index is 2.50. The highest BCUT2D eigenvalue weighted by Gasteiger charge is 2.22. The van der Waals surface area contributed by atoms with Crippen LogP contribution in [0.1, 0.15) is 0 Å². The number of para-hydroxylation sites is 1. The van der Waals surface area contributed by atoms with E-state index in [-0.39, 0.29) is 22.3 Å². The largest absolute Gasteiger partial charge is 0.378 e. The first kappa shape index (κ1) is 13.0. The molecule has 0 aliphatic heterocycles. The molecule has 0 radical (unpaired) electrons. The van der Waals surface area contributed by atoms with Crippen LogP contribution in [-0.4, -0.2) is 14.9 Å². The van der Waals surface area contributed by atoms with Gasteiger partial charge in [-0.3, -0.25) is 10.1 Å². The summed E-state index contributed by atoms with van der Waals surface area (Å²) in [5.41, 5.74) is 4.73. The van der Waals surface area contributed by atoms with Crippen LogP contribution in [0.5, 0.6) is 0 Å². The lowest BCUT2D eigenvalue weighted by molar-refractivity contribution is -0.383. The summed E-state index contributed by atoms with van der Waals surface area (Å²) in [7, 11) is 0. The van der Waals surface area contributed by atoms with Crippen molar-refractivity contribution in [2.75, 3.05) is 11.1 Å². The Labute approximate surface area is 111 Å². The van der Waals surface area contributed by atoms with Crippen molar-refractivity contribution >= 4 is 34.6 Å². The second kappa shape index (κ2) is 5.02. The number of benzene rings is 1. The maximum Gasteiger partial charge on any atom is 0.353 e. The molecule has 2 rings (SSSR count). The second-order valence-corrected chi connectivity index (χ2v) is 3.84. The highest BCUT2D eigenvalue weighted by atomic mass is 35.5. The third-order valence-corrected chi connectivity index (χ3v) is 2.55. The summed E-state index contributed by atoms with van der Waals surface area (Å²) >= 11 is 5.80. The van der Waals surface area contributed by atoms with Crippen molar-refractivity contribution in [1.29, 1.82) is 0 Å². The Hall–Kier alpha value is -2.48. The average Bonchev–Trinajstić information content (AvgIpc) is 2.33. The van der Waals surface area contributed by atoms with E-state index in [0.717, 1.165) is 12.4 Å². The molecule has 0 spiro atoms. The van der Waals surface area contributed by atoms with Gasteiger partial charge in [0.1, 0.15) is 12.1 Å². The van der Waals surface area contributed by atoms with E-state index >= 15 is 0 Å². The van der Waals surface area contributed by atoms with Gasteiger partial charge in [-0.2, -0.15) is 0 Å². The number of nitro groups is 1. The van der Waals surface area contributed by atoms with Gasteiger partial charge in [0.25, 0.3) is 0 Å². The molecule has 2 aromatic rings. The van der Waals surface area contributed by atoms with Gasteiger partial charge in [0.15, 0.2) is 0 Å². The van der Waals surface area contributed by atoms with Gasteiger partial charge in [-0.15, -0.1) is 0 Å². The molecule has 9 heteroatoms. The molecule has 0 amide bonds. The van der Waals surface area contributed by atoms with Crippen LogP contribution in [0.15, 0.2) is 24.5 Å². The molecule has 1 aromatic carbocycles. The number of rotatable bonds is 3. The lowest BCUT2D eigenvalue weighted by atomic mass is 10.3. The number of nitrogens with two attached hydrogens (primary N) is 1. The van der Waals surface area contributed by atoms with Crippen molar-refractivity contribution in [1.82, 2.24) is 9.97 Å². The van der Waals surface area contributed by atoms with E-state index in [0.29, 0.717) is 0 Å². The van der Waals surface area contributed by atoms with Crippen LogP contribution in [0.2, 0.25) is 5.02 Å². The Morgan fingerprint density at radius 2 is 2.16 bits per heavy atom. The van der Waals surface area contributed by atoms with E-state index in [1.807, 2.05) is 0 Å². The summed E-state index contributed by atoms with van der Waals surface area (Å²) in [6.45, 7) is 0. The zero-order chi connectivity index (χ0) is 14.0. The molecule has 0 saturated heterocycles. The molecule has 7 nitrogen and oxygen atoms in total. The highest BCUT2D eigenvalue weighted by molar-refractivity contribution is 6.33. The number of hydrogen-bond donors (Lipinski definition) is 2. The standard InChI is InChI=1S/C10H7ClFN5O2/c11-5-2-1-3-6(12)7(5)16-10-8(17(18)19)9(13)14-4-15-10/h1-4H,(H3,13,14,15,16). The Kier molecular flexibility index (Phi) is 3.43. The fourth-order valence-corrected chi connectivity index (χ4v) is 1.61. The SMILES string of the molecule is Nc1ncnc(Nc2c(F)cccc2Cl)c1[N+](=O)[O-]. The fourth-order valence-electron chi connectivity index (χ4n) is 1.40. The molecule has 1 aromatic heterocycles. The van der Waals surface area contributed by atoms with Gasteiger partial charge >= 0.3 is 5.69 Å². The number of anilines is 3. The number of halogens is 2. The van der Waals surface area contributed by atoms with Gasteiger partial charge < -0.3 is 11.1 Å². The summed E-state index contributed by atoms with van der Waals surface area (Å²) in [5.74, 6) is -1.22. The quantitative estimate of drug-likeness (QED) is 0.662. The van der Waals surface area contributed by atoms with E-state index in [4.69, 9.17) is 17.3 Å².